The first kappa shape index (κ1) is 15.6. The Morgan fingerprint density at radius 2 is 1.74 bits per heavy atom. The zero-order valence-corrected chi connectivity index (χ0v) is 13.5. The third kappa shape index (κ3) is 3.40. The Morgan fingerprint density at radius 3 is 2.43 bits per heavy atom. The SMILES string of the molecule is O=c1[nH]cc(Cc2cccc(F)c2)c(-c2ccc(F)cc2)c1Br. The lowest BCUT2D eigenvalue weighted by atomic mass is 9.96. The van der Waals surface area contributed by atoms with Crippen molar-refractivity contribution in [2.45, 2.75) is 6.42 Å². The van der Waals surface area contributed by atoms with Crippen LogP contribution in [0.25, 0.3) is 11.1 Å². The largest absolute Gasteiger partial charge is 0.328 e. The smallest absolute Gasteiger partial charge is 0.262 e. The lowest BCUT2D eigenvalue weighted by molar-refractivity contribution is 0.626. The maximum absolute atomic E-state index is 13.4. The number of hydrogen-bond acceptors (Lipinski definition) is 1. The number of H-pyrrole nitrogens is 1. The van der Waals surface area contributed by atoms with Crippen molar-refractivity contribution in [2.75, 3.05) is 0 Å². The molecule has 0 amide bonds. The fraction of sp³-hybridized carbons (Fsp3) is 0.0556. The van der Waals surface area contributed by atoms with Gasteiger partial charge in [-0.05, 0) is 63.3 Å². The Kier molecular flexibility index (Phi) is 4.39. The standard InChI is InChI=1S/C18H12BrF2NO/c19-17-16(12-4-6-14(20)7-5-12)13(10-22-18(17)23)8-11-2-1-3-15(21)9-11/h1-7,9-10H,8H2,(H,22,23). The summed E-state index contributed by atoms with van der Waals surface area (Å²) < 4.78 is 26.9. The zero-order valence-electron chi connectivity index (χ0n) is 11.9. The van der Waals surface area contributed by atoms with Gasteiger partial charge in [0.1, 0.15) is 11.6 Å². The van der Waals surface area contributed by atoms with E-state index in [9.17, 15) is 13.6 Å². The van der Waals surface area contributed by atoms with Gasteiger partial charge in [-0.3, -0.25) is 4.79 Å². The van der Waals surface area contributed by atoms with Crippen LogP contribution in [0.5, 0.6) is 0 Å². The molecule has 2 aromatic carbocycles. The Balaban J connectivity index is 2.12. The van der Waals surface area contributed by atoms with Gasteiger partial charge >= 0.3 is 0 Å². The minimum Gasteiger partial charge on any atom is -0.328 e. The van der Waals surface area contributed by atoms with E-state index in [1.54, 1.807) is 24.4 Å². The number of nitrogens with one attached hydrogen (secondary N) is 1. The van der Waals surface area contributed by atoms with Gasteiger partial charge in [0.2, 0.25) is 0 Å². The van der Waals surface area contributed by atoms with Crippen molar-refractivity contribution >= 4 is 15.9 Å². The van der Waals surface area contributed by atoms with E-state index in [0.29, 0.717) is 16.5 Å². The number of hydrogen-bond donors (Lipinski definition) is 1. The number of aromatic amines is 1. The highest BCUT2D eigenvalue weighted by Gasteiger charge is 2.13. The number of halogens is 3. The van der Waals surface area contributed by atoms with E-state index >= 15 is 0 Å². The van der Waals surface area contributed by atoms with Crippen LogP contribution >= 0.6 is 15.9 Å². The maximum Gasteiger partial charge on any atom is 0.262 e. The molecule has 1 aromatic heterocycles. The van der Waals surface area contributed by atoms with Crippen LogP contribution in [-0.4, -0.2) is 4.98 Å². The van der Waals surface area contributed by atoms with Gasteiger partial charge in [0.25, 0.3) is 5.56 Å². The van der Waals surface area contributed by atoms with Gasteiger partial charge in [-0.25, -0.2) is 8.78 Å². The Morgan fingerprint density at radius 1 is 1.00 bits per heavy atom. The van der Waals surface area contributed by atoms with E-state index in [2.05, 4.69) is 20.9 Å². The number of aromatic nitrogens is 1. The van der Waals surface area contributed by atoms with Gasteiger partial charge in [-0.2, -0.15) is 0 Å². The zero-order chi connectivity index (χ0) is 16.4. The number of benzene rings is 2. The molecular weight excluding hydrogens is 364 g/mol. The molecule has 0 aliphatic carbocycles. The van der Waals surface area contributed by atoms with Crippen LogP contribution in [0.2, 0.25) is 0 Å². The van der Waals surface area contributed by atoms with Crippen molar-refractivity contribution in [3.8, 4) is 11.1 Å². The van der Waals surface area contributed by atoms with Crippen molar-refractivity contribution in [3.05, 3.63) is 92.3 Å². The van der Waals surface area contributed by atoms with Crippen LogP contribution < -0.4 is 5.56 Å². The van der Waals surface area contributed by atoms with Crippen LogP contribution in [0.15, 0.2) is 64.0 Å². The van der Waals surface area contributed by atoms with Gasteiger partial charge in [0, 0.05) is 11.8 Å². The van der Waals surface area contributed by atoms with Crippen molar-refractivity contribution in [3.63, 3.8) is 0 Å². The van der Waals surface area contributed by atoms with E-state index in [4.69, 9.17) is 0 Å². The molecule has 116 valence electrons. The van der Waals surface area contributed by atoms with E-state index < -0.39 is 0 Å². The molecule has 23 heavy (non-hydrogen) atoms. The first-order valence-corrected chi connectivity index (χ1v) is 7.74. The first-order valence-electron chi connectivity index (χ1n) is 6.95. The van der Waals surface area contributed by atoms with Crippen LogP contribution in [0, 0.1) is 11.6 Å². The normalized spacial score (nSPS) is 10.7. The summed E-state index contributed by atoms with van der Waals surface area (Å²) in [7, 11) is 0. The maximum atomic E-state index is 13.4. The molecule has 0 aliphatic heterocycles. The van der Waals surface area contributed by atoms with E-state index in [1.807, 2.05) is 6.07 Å². The molecule has 0 fully saturated rings. The van der Waals surface area contributed by atoms with Gasteiger partial charge < -0.3 is 4.98 Å². The molecule has 0 unspecified atom stereocenters. The molecule has 0 saturated heterocycles. The van der Waals surface area contributed by atoms with Crippen molar-refractivity contribution in [1.82, 2.24) is 4.98 Å². The van der Waals surface area contributed by atoms with Crippen molar-refractivity contribution < 1.29 is 8.78 Å². The number of pyridine rings is 1. The summed E-state index contributed by atoms with van der Waals surface area (Å²) >= 11 is 3.30. The minimum atomic E-state index is -0.346. The summed E-state index contributed by atoms with van der Waals surface area (Å²) in [6.45, 7) is 0. The molecule has 0 saturated carbocycles. The lowest BCUT2D eigenvalue weighted by Gasteiger charge is -2.12. The molecule has 5 heteroatoms. The van der Waals surface area contributed by atoms with E-state index in [-0.39, 0.29) is 17.2 Å². The summed E-state index contributed by atoms with van der Waals surface area (Å²) in [6, 6.07) is 12.2. The van der Waals surface area contributed by atoms with Gasteiger partial charge in [0.15, 0.2) is 0 Å². The van der Waals surface area contributed by atoms with E-state index in [1.165, 1.54) is 24.3 Å². The number of rotatable bonds is 3. The molecule has 0 bridgehead atoms. The highest BCUT2D eigenvalue weighted by Crippen LogP contribution is 2.30. The average Bonchev–Trinajstić information content (AvgIpc) is 2.53. The molecule has 3 rings (SSSR count). The molecule has 0 radical (unpaired) electrons. The minimum absolute atomic E-state index is 0.271. The summed E-state index contributed by atoms with van der Waals surface area (Å²) in [5.74, 6) is -0.657. The fourth-order valence-electron chi connectivity index (χ4n) is 2.48. The summed E-state index contributed by atoms with van der Waals surface area (Å²) in [5.41, 5.74) is 2.72. The quantitative estimate of drug-likeness (QED) is 0.708. The summed E-state index contributed by atoms with van der Waals surface area (Å²) in [6.07, 6.45) is 2.05. The van der Waals surface area contributed by atoms with Crippen LogP contribution in [0.1, 0.15) is 11.1 Å². The molecule has 2 nitrogen and oxygen atoms in total. The van der Waals surface area contributed by atoms with Gasteiger partial charge in [-0.15, -0.1) is 0 Å². The topological polar surface area (TPSA) is 32.9 Å². The predicted octanol–water partition coefficient (Wildman–Crippen LogP) is 4.67. The Hall–Kier alpha value is -2.27. The molecule has 0 aliphatic rings. The Bertz CT molecular complexity index is 904. The van der Waals surface area contributed by atoms with Crippen LogP contribution in [0.3, 0.4) is 0 Å². The van der Waals surface area contributed by atoms with Crippen LogP contribution in [-0.2, 0) is 6.42 Å². The summed E-state index contributed by atoms with van der Waals surface area (Å²) in [4.78, 5) is 14.6. The van der Waals surface area contributed by atoms with Gasteiger partial charge in [0.05, 0.1) is 4.47 Å². The lowest BCUT2D eigenvalue weighted by Crippen LogP contribution is -2.10. The fourth-order valence-corrected chi connectivity index (χ4v) is 3.08. The van der Waals surface area contributed by atoms with Gasteiger partial charge in [-0.1, -0.05) is 24.3 Å². The third-order valence-electron chi connectivity index (χ3n) is 3.53. The molecule has 1 heterocycles. The van der Waals surface area contributed by atoms with Crippen molar-refractivity contribution in [2.24, 2.45) is 0 Å². The first-order chi connectivity index (χ1) is 11.0. The van der Waals surface area contributed by atoms with Crippen molar-refractivity contribution in [1.29, 1.82) is 0 Å². The molecule has 1 N–H and O–H groups in total. The second-order valence-corrected chi connectivity index (χ2v) is 5.94. The highest BCUT2D eigenvalue weighted by molar-refractivity contribution is 9.10. The molecule has 0 spiro atoms. The van der Waals surface area contributed by atoms with E-state index in [0.717, 1.165) is 16.7 Å². The predicted molar refractivity (Wildman–Crippen MR) is 89.4 cm³/mol. The molecule has 3 aromatic rings. The highest BCUT2D eigenvalue weighted by atomic mass is 79.9. The van der Waals surface area contributed by atoms with Crippen LogP contribution in [0.4, 0.5) is 8.78 Å². The second kappa shape index (κ2) is 6.46. The average molecular weight is 376 g/mol. The summed E-state index contributed by atoms with van der Waals surface area (Å²) in [5, 5.41) is 0. The second-order valence-electron chi connectivity index (χ2n) is 5.15. The Labute approximate surface area is 139 Å². The molecule has 0 atom stereocenters. The third-order valence-corrected chi connectivity index (χ3v) is 4.29. The molecular formula is C18H12BrF2NO. The monoisotopic (exact) mass is 375 g/mol.